The summed E-state index contributed by atoms with van der Waals surface area (Å²) in [4.78, 5) is 4.90. The molecule has 1 aromatic rings. The van der Waals surface area contributed by atoms with Gasteiger partial charge in [-0.2, -0.15) is 0 Å². The third-order valence-corrected chi connectivity index (χ3v) is 4.76. The zero-order valence-corrected chi connectivity index (χ0v) is 13.7. The van der Waals surface area contributed by atoms with Gasteiger partial charge in [-0.25, -0.2) is 4.39 Å². The molecule has 1 saturated heterocycles. The molecule has 0 aromatic heterocycles. The fourth-order valence-corrected chi connectivity index (χ4v) is 3.06. The second-order valence-electron chi connectivity index (χ2n) is 6.66. The maximum absolute atomic E-state index is 13.9. The van der Waals surface area contributed by atoms with Crippen LogP contribution in [0.1, 0.15) is 31.9 Å². The van der Waals surface area contributed by atoms with E-state index in [-0.39, 0.29) is 17.4 Å². The summed E-state index contributed by atoms with van der Waals surface area (Å²) in [5, 5.41) is 3.25. The van der Waals surface area contributed by atoms with Crippen LogP contribution in [0.25, 0.3) is 0 Å². The van der Waals surface area contributed by atoms with Gasteiger partial charge < -0.3 is 10.2 Å². The number of likely N-dealkylation sites (N-methyl/N-ethyl adjacent to an activating group) is 1. The van der Waals surface area contributed by atoms with Crippen LogP contribution in [0.5, 0.6) is 0 Å². The van der Waals surface area contributed by atoms with Gasteiger partial charge in [0, 0.05) is 43.3 Å². The molecule has 1 atom stereocenters. The normalized spacial score (nSPS) is 21.4. The number of nitrogens with zero attached hydrogens (tertiary/aromatic N) is 2. The fraction of sp³-hybridized carbons (Fsp3) is 0.647. The Kier molecular flexibility index (Phi) is 5.36. The van der Waals surface area contributed by atoms with Crippen molar-refractivity contribution in [3.05, 3.63) is 35.6 Å². The minimum atomic E-state index is -0.115. The molecule has 1 heterocycles. The first-order valence-corrected chi connectivity index (χ1v) is 7.79. The average Bonchev–Trinajstić information content (AvgIpc) is 2.45. The number of nitrogens with one attached hydrogen (secondary N) is 1. The summed E-state index contributed by atoms with van der Waals surface area (Å²) in [6.07, 6.45) is 0.928. The van der Waals surface area contributed by atoms with Crippen LogP contribution in [0.4, 0.5) is 4.39 Å². The predicted octanol–water partition coefficient (Wildman–Crippen LogP) is 2.50. The molecule has 0 spiro atoms. The van der Waals surface area contributed by atoms with Crippen LogP contribution in [0.3, 0.4) is 0 Å². The Balaban J connectivity index is 1.94. The average molecular weight is 293 g/mol. The lowest BCUT2D eigenvalue weighted by Gasteiger charge is -2.45. The van der Waals surface area contributed by atoms with Crippen LogP contribution < -0.4 is 5.32 Å². The fourth-order valence-electron chi connectivity index (χ4n) is 3.06. The standard InChI is InChI=1S/C17H28FN3/c1-17(2)13-21(12-11-20(17)4)10-9-16(19-3)14-7-5-6-8-15(14)18/h5-8,16,19H,9-13H2,1-4H3. The van der Waals surface area contributed by atoms with Gasteiger partial charge in [-0.05, 0) is 40.4 Å². The van der Waals surface area contributed by atoms with Gasteiger partial charge in [0.25, 0.3) is 0 Å². The summed E-state index contributed by atoms with van der Waals surface area (Å²) in [5.41, 5.74) is 0.985. The van der Waals surface area contributed by atoms with E-state index in [4.69, 9.17) is 0 Å². The van der Waals surface area contributed by atoms with Crippen molar-refractivity contribution in [2.24, 2.45) is 0 Å². The van der Waals surface area contributed by atoms with Gasteiger partial charge in [0.1, 0.15) is 5.82 Å². The van der Waals surface area contributed by atoms with Crippen LogP contribution >= 0.6 is 0 Å². The molecule has 4 heteroatoms. The van der Waals surface area contributed by atoms with Crippen molar-refractivity contribution in [3.8, 4) is 0 Å². The van der Waals surface area contributed by atoms with Crippen molar-refractivity contribution in [2.45, 2.75) is 31.8 Å². The Morgan fingerprint density at radius 1 is 1.29 bits per heavy atom. The van der Waals surface area contributed by atoms with Crippen LogP contribution in [0.2, 0.25) is 0 Å². The summed E-state index contributed by atoms with van der Waals surface area (Å²) in [6.45, 7) is 8.82. The van der Waals surface area contributed by atoms with E-state index in [0.29, 0.717) is 0 Å². The topological polar surface area (TPSA) is 18.5 Å². The molecule has 0 amide bonds. The monoisotopic (exact) mass is 293 g/mol. The highest BCUT2D eigenvalue weighted by atomic mass is 19.1. The smallest absolute Gasteiger partial charge is 0.127 e. The van der Waals surface area contributed by atoms with Gasteiger partial charge in [0.15, 0.2) is 0 Å². The molecule has 1 N–H and O–H groups in total. The van der Waals surface area contributed by atoms with E-state index >= 15 is 0 Å². The largest absolute Gasteiger partial charge is 0.313 e. The predicted molar refractivity (Wildman–Crippen MR) is 86.0 cm³/mol. The highest BCUT2D eigenvalue weighted by molar-refractivity contribution is 5.21. The SMILES string of the molecule is CNC(CCN1CCN(C)C(C)(C)C1)c1ccccc1F. The zero-order chi connectivity index (χ0) is 15.5. The number of benzene rings is 1. The lowest BCUT2D eigenvalue weighted by Crippen LogP contribution is -2.57. The number of hydrogen-bond donors (Lipinski definition) is 1. The highest BCUT2D eigenvalue weighted by Crippen LogP contribution is 2.23. The number of rotatable bonds is 5. The molecule has 1 aliphatic rings. The van der Waals surface area contributed by atoms with Crippen LogP contribution in [0.15, 0.2) is 24.3 Å². The van der Waals surface area contributed by atoms with E-state index in [1.807, 2.05) is 19.2 Å². The van der Waals surface area contributed by atoms with Gasteiger partial charge in [0.2, 0.25) is 0 Å². The molecule has 1 unspecified atom stereocenters. The van der Waals surface area contributed by atoms with E-state index in [1.54, 1.807) is 12.1 Å². The zero-order valence-electron chi connectivity index (χ0n) is 13.7. The molecule has 0 aliphatic carbocycles. The molecule has 2 rings (SSSR count). The van der Waals surface area contributed by atoms with E-state index in [2.05, 4.69) is 36.0 Å². The van der Waals surface area contributed by atoms with Crippen LogP contribution in [-0.4, -0.2) is 55.6 Å². The van der Waals surface area contributed by atoms with Gasteiger partial charge in [-0.15, -0.1) is 0 Å². The van der Waals surface area contributed by atoms with Gasteiger partial charge >= 0.3 is 0 Å². The van der Waals surface area contributed by atoms with Crippen molar-refractivity contribution in [2.75, 3.05) is 40.3 Å². The van der Waals surface area contributed by atoms with Crippen LogP contribution in [0, 0.1) is 5.82 Å². The lowest BCUT2D eigenvalue weighted by atomic mass is 9.98. The highest BCUT2D eigenvalue weighted by Gasteiger charge is 2.31. The minimum absolute atomic E-state index is 0.0777. The first-order chi connectivity index (χ1) is 9.94. The molecule has 1 aromatic carbocycles. The van der Waals surface area contributed by atoms with Gasteiger partial charge in [-0.1, -0.05) is 18.2 Å². The lowest BCUT2D eigenvalue weighted by molar-refractivity contribution is 0.0382. The maximum atomic E-state index is 13.9. The first-order valence-electron chi connectivity index (χ1n) is 7.79. The molecule has 0 saturated carbocycles. The van der Waals surface area contributed by atoms with Crippen molar-refractivity contribution >= 4 is 0 Å². The van der Waals surface area contributed by atoms with Gasteiger partial charge in [0.05, 0.1) is 0 Å². The van der Waals surface area contributed by atoms with Gasteiger partial charge in [-0.3, -0.25) is 4.90 Å². The molecule has 0 radical (unpaired) electrons. The molecule has 0 bridgehead atoms. The van der Waals surface area contributed by atoms with Crippen molar-refractivity contribution in [3.63, 3.8) is 0 Å². The number of piperazine rings is 1. The quantitative estimate of drug-likeness (QED) is 0.900. The molecule has 21 heavy (non-hydrogen) atoms. The van der Waals surface area contributed by atoms with E-state index in [1.165, 1.54) is 0 Å². The number of halogens is 1. The number of hydrogen-bond acceptors (Lipinski definition) is 3. The third kappa shape index (κ3) is 4.02. The van der Waals surface area contributed by atoms with E-state index in [9.17, 15) is 4.39 Å². The van der Waals surface area contributed by atoms with E-state index < -0.39 is 0 Å². The van der Waals surface area contributed by atoms with Crippen molar-refractivity contribution in [1.29, 1.82) is 0 Å². The van der Waals surface area contributed by atoms with Crippen LogP contribution in [-0.2, 0) is 0 Å². The molecule has 3 nitrogen and oxygen atoms in total. The third-order valence-electron chi connectivity index (χ3n) is 4.76. The summed E-state index contributed by atoms with van der Waals surface area (Å²) in [6, 6.07) is 7.15. The molecule has 1 aliphatic heterocycles. The molecule has 118 valence electrons. The minimum Gasteiger partial charge on any atom is -0.313 e. The molecular weight excluding hydrogens is 265 g/mol. The summed E-state index contributed by atoms with van der Waals surface area (Å²) in [5.74, 6) is -0.115. The Morgan fingerprint density at radius 3 is 2.62 bits per heavy atom. The van der Waals surface area contributed by atoms with Crippen molar-refractivity contribution in [1.82, 2.24) is 15.1 Å². The van der Waals surface area contributed by atoms with Crippen molar-refractivity contribution < 1.29 is 4.39 Å². The first kappa shape index (κ1) is 16.4. The molecule has 1 fully saturated rings. The summed E-state index contributed by atoms with van der Waals surface area (Å²) in [7, 11) is 4.10. The Labute approximate surface area is 128 Å². The second-order valence-corrected chi connectivity index (χ2v) is 6.66. The van der Waals surface area contributed by atoms with E-state index in [0.717, 1.165) is 38.2 Å². The second kappa shape index (κ2) is 6.86. The summed E-state index contributed by atoms with van der Waals surface area (Å²) < 4.78 is 13.9. The Morgan fingerprint density at radius 2 is 2.00 bits per heavy atom. The summed E-state index contributed by atoms with van der Waals surface area (Å²) >= 11 is 0. The molecular formula is C17H28FN3. The maximum Gasteiger partial charge on any atom is 0.127 e. The Hall–Kier alpha value is -0.970. The Bertz CT molecular complexity index is 461.